The second-order valence-electron chi connectivity index (χ2n) is 5.32. The van der Waals surface area contributed by atoms with E-state index in [-0.39, 0.29) is 5.91 Å². The monoisotopic (exact) mass is 296 g/mol. The summed E-state index contributed by atoms with van der Waals surface area (Å²) in [5.74, 6) is 0.991. The third-order valence-electron chi connectivity index (χ3n) is 4.01. The van der Waals surface area contributed by atoms with Gasteiger partial charge in [-0.25, -0.2) is 0 Å². The van der Waals surface area contributed by atoms with E-state index in [9.17, 15) is 4.79 Å². The summed E-state index contributed by atoms with van der Waals surface area (Å²) in [5, 5.41) is 0. The van der Waals surface area contributed by atoms with Crippen molar-refractivity contribution in [2.45, 2.75) is 0 Å². The van der Waals surface area contributed by atoms with Crippen LogP contribution in [-0.4, -0.2) is 44.1 Å². The molecular weight excluding hydrogens is 276 g/mol. The fraction of sp³-hybridized carbons (Fsp3) is 0.278. The highest BCUT2D eigenvalue weighted by Gasteiger charge is 2.23. The summed E-state index contributed by atoms with van der Waals surface area (Å²) in [5.41, 5.74) is 1.85. The zero-order valence-electron chi connectivity index (χ0n) is 12.7. The molecule has 0 aromatic heterocycles. The Kier molecular flexibility index (Phi) is 4.28. The Labute approximate surface area is 130 Å². The van der Waals surface area contributed by atoms with Crippen molar-refractivity contribution in [1.82, 2.24) is 4.90 Å². The third-order valence-corrected chi connectivity index (χ3v) is 4.01. The average Bonchev–Trinajstić information content (AvgIpc) is 2.62. The van der Waals surface area contributed by atoms with Gasteiger partial charge in [-0.05, 0) is 24.3 Å². The van der Waals surface area contributed by atoms with Gasteiger partial charge in [0.15, 0.2) is 0 Å². The smallest absolute Gasteiger partial charge is 0.253 e. The molecule has 22 heavy (non-hydrogen) atoms. The Morgan fingerprint density at radius 3 is 2.23 bits per heavy atom. The van der Waals surface area contributed by atoms with Crippen LogP contribution in [0.1, 0.15) is 10.4 Å². The van der Waals surface area contributed by atoms with Crippen molar-refractivity contribution in [3.8, 4) is 5.75 Å². The van der Waals surface area contributed by atoms with Gasteiger partial charge in [0.25, 0.3) is 5.91 Å². The van der Waals surface area contributed by atoms with Gasteiger partial charge >= 0.3 is 0 Å². The van der Waals surface area contributed by atoms with Gasteiger partial charge in [0.05, 0.1) is 12.8 Å². The van der Waals surface area contributed by atoms with Crippen LogP contribution in [0.25, 0.3) is 0 Å². The van der Waals surface area contributed by atoms with E-state index in [0.717, 1.165) is 43.2 Å². The zero-order valence-corrected chi connectivity index (χ0v) is 12.7. The molecule has 1 fully saturated rings. The maximum absolute atomic E-state index is 12.4. The second kappa shape index (κ2) is 6.52. The van der Waals surface area contributed by atoms with Gasteiger partial charge in [-0.15, -0.1) is 0 Å². The van der Waals surface area contributed by atoms with E-state index in [1.165, 1.54) is 0 Å². The molecule has 1 heterocycles. The summed E-state index contributed by atoms with van der Waals surface area (Å²) < 4.78 is 5.42. The molecule has 114 valence electrons. The summed E-state index contributed by atoms with van der Waals surface area (Å²) in [7, 11) is 1.69. The topological polar surface area (TPSA) is 32.8 Å². The number of carbonyl (C=O) groups is 1. The molecule has 4 nitrogen and oxygen atoms in total. The number of methoxy groups -OCH3 is 1. The maximum Gasteiger partial charge on any atom is 0.253 e. The van der Waals surface area contributed by atoms with E-state index in [2.05, 4.69) is 11.0 Å². The number of carbonyl (C=O) groups excluding carboxylic acids is 1. The van der Waals surface area contributed by atoms with Crippen molar-refractivity contribution in [2.24, 2.45) is 0 Å². The van der Waals surface area contributed by atoms with Crippen LogP contribution >= 0.6 is 0 Å². The maximum atomic E-state index is 12.4. The Hall–Kier alpha value is -2.49. The molecule has 1 aliphatic rings. The number of ether oxygens (including phenoxy) is 1. The van der Waals surface area contributed by atoms with Gasteiger partial charge in [-0.3, -0.25) is 4.79 Å². The van der Waals surface area contributed by atoms with Gasteiger partial charge in [0, 0.05) is 31.7 Å². The molecule has 0 saturated carbocycles. The Bertz CT molecular complexity index is 635. The van der Waals surface area contributed by atoms with Crippen molar-refractivity contribution < 1.29 is 9.53 Å². The second-order valence-corrected chi connectivity index (χ2v) is 5.32. The van der Waals surface area contributed by atoms with Crippen LogP contribution in [0.5, 0.6) is 5.75 Å². The van der Waals surface area contributed by atoms with Crippen LogP contribution in [0.3, 0.4) is 0 Å². The number of amides is 1. The number of para-hydroxylation sites is 2. The summed E-state index contributed by atoms with van der Waals surface area (Å²) in [6.07, 6.45) is 0. The van der Waals surface area contributed by atoms with Gasteiger partial charge in [0.2, 0.25) is 0 Å². The fourth-order valence-electron chi connectivity index (χ4n) is 2.80. The molecular formula is C18H20N2O2. The van der Waals surface area contributed by atoms with E-state index in [1.807, 2.05) is 53.4 Å². The Morgan fingerprint density at radius 1 is 0.909 bits per heavy atom. The molecule has 0 bridgehead atoms. The highest BCUT2D eigenvalue weighted by molar-refractivity contribution is 5.94. The Morgan fingerprint density at radius 2 is 1.55 bits per heavy atom. The van der Waals surface area contributed by atoms with Gasteiger partial charge in [-0.2, -0.15) is 0 Å². The largest absolute Gasteiger partial charge is 0.495 e. The predicted octanol–water partition coefficient (Wildman–Crippen LogP) is 2.66. The molecule has 0 atom stereocenters. The number of piperazine rings is 1. The number of rotatable bonds is 3. The molecule has 2 aromatic rings. The standard InChI is InChI=1S/C18H20N2O2/c1-22-17-10-6-5-9-16(17)19-11-13-20(14-12-19)18(21)15-7-3-2-4-8-15/h2-10H,11-14H2,1H3. The average molecular weight is 296 g/mol. The van der Waals surface area contributed by atoms with Gasteiger partial charge in [0.1, 0.15) is 5.75 Å². The third kappa shape index (κ3) is 2.91. The molecule has 3 rings (SSSR count). The van der Waals surface area contributed by atoms with E-state index in [1.54, 1.807) is 7.11 Å². The first kappa shape index (κ1) is 14.4. The molecule has 0 unspecified atom stereocenters. The van der Waals surface area contributed by atoms with Crippen molar-refractivity contribution in [2.75, 3.05) is 38.2 Å². The first-order valence-corrected chi connectivity index (χ1v) is 7.52. The lowest BCUT2D eigenvalue weighted by molar-refractivity contribution is 0.0746. The minimum absolute atomic E-state index is 0.111. The minimum atomic E-state index is 0.111. The zero-order chi connectivity index (χ0) is 15.4. The molecule has 1 amide bonds. The van der Waals surface area contributed by atoms with Crippen LogP contribution in [-0.2, 0) is 0 Å². The first-order chi connectivity index (χ1) is 10.8. The number of hydrogen-bond acceptors (Lipinski definition) is 3. The van der Waals surface area contributed by atoms with E-state index in [4.69, 9.17) is 4.74 Å². The summed E-state index contributed by atoms with van der Waals surface area (Å²) in [4.78, 5) is 16.6. The van der Waals surface area contributed by atoms with Crippen LogP contribution in [0.15, 0.2) is 54.6 Å². The highest BCUT2D eigenvalue weighted by atomic mass is 16.5. The molecule has 0 spiro atoms. The van der Waals surface area contributed by atoms with Crippen LogP contribution < -0.4 is 9.64 Å². The fourth-order valence-corrected chi connectivity index (χ4v) is 2.80. The number of hydrogen-bond donors (Lipinski definition) is 0. The van der Waals surface area contributed by atoms with Crippen molar-refractivity contribution in [3.05, 3.63) is 60.2 Å². The van der Waals surface area contributed by atoms with Crippen molar-refractivity contribution in [1.29, 1.82) is 0 Å². The van der Waals surface area contributed by atoms with Gasteiger partial charge < -0.3 is 14.5 Å². The summed E-state index contributed by atoms with van der Waals surface area (Å²) in [6.45, 7) is 3.09. The predicted molar refractivity (Wildman–Crippen MR) is 87.6 cm³/mol. The van der Waals surface area contributed by atoms with Crippen LogP contribution in [0.4, 0.5) is 5.69 Å². The molecule has 1 saturated heterocycles. The lowest BCUT2D eigenvalue weighted by Gasteiger charge is -2.36. The number of nitrogens with zero attached hydrogens (tertiary/aromatic N) is 2. The number of benzene rings is 2. The molecule has 4 heteroatoms. The van der Waals surface area contributed by atoms with E-state index in [0.29, 0.717) is 0 Å². The lowest BCUT2D eigenvalue weighted by Crippen LogP contribution is -2.48. The van der Waals surface area contributed by atoms with Crippen LogP contribution in [0, 0.1) is 0 Å². The molecule has 2 aromatic carbocycles. The van der Waals surface area contributed by atoms with Gasteiger partial charge in [-0.1, -0.05) is 30.3 Å². The number of anilines is 1. The summed E-state index contributed by atoms with van der Waals surface area (Å²) >= 11 is 0. The lowest BCUT2D eigenvalue weighted by atomic mass is 10.1. The van der Waals surface area contributed by atoms with E-state index >= 15 is 0 Å². The molecule has 0 N–H and O–H groups in total. The molecule has 1 aliphatic heterocycles. The minimum Gasteiger partial charge on any atom is -0.495 e. The van der Waals surface area contributed by atoms with E-state index < -0.39 is 0 Å². The highest BCUT2D eigenvalue weighted by Crippen LogP contribution is 2.28. The van der Waals surface area contributed by atoms with Crippen molar-refractivity contribution >= 4 is 11.6 Å². The quantitative estimate of drug-likeness (QED) is 0.873. The molecule has 0 radical (unpaired) electrons. The first-order valence-electron chi connectivity index (χ1n) is 7.52. The summed E-state index contributed by atoms with van der Waals surface area (Å²) in [6, 6.07) is 17.5. The Balaban J connectivity index is 1.67. The SMILES string of the molecule is COc1ccccc1N1CCN(C(=O)c2ccccc2)CC1. The normalized spacial score (nSPS) is 14.8. The van der Waals surface area contributed by atoms with Crippen LogP contribution in [0.2, 0.25) is 0 Å². The van der Waals surface area contributed by atoms with Crippen molar-refractivity contribution in [3.63, 3.8) is 0 Å². The molecule has 0 aliphatic carbocycles.